The number of nitrogens with one attached hydrogen (secondary N) is 1. The molecule has 18 heavy (non-hydrogen) atoms. The minimum atomic E-state index is -0.601. The standard InChI is InChI=1S/C14H17NO3/c1-8-2-5-12(18-8)14(17)9-3-4-11-10(6-9)7-13(16)15-11/h3-4,6,8,12,14,17H,2,5,7H2,1H3,(H,15,16). The molecular weight excluding hydrogens is 230 g/mol. The van der Waals surface area contributed by atoms with Gasteiger partial charge in [-0.25, -0.2) is 0 Å². The molecule has 2 aliphatic rings. The highest BCUT2D eigenvalue weighted by molar-refractivity contribution is 5.99. The summed E-state index contributed by atoms with van der Waals surface area (Å²) in [6.45, 7) is 2.03. The Morgan fingerprint density at radius 2 is 2.28 bits per heavy atom. The Morgan fingerprint density at radius 1 is 1.44 bits per heavy atom. The highest BCUT2D eigenvalue weighted by Crippen LogP contribution is 2.32. The molecule has 0 spiro atoms. The topological polar surface area (TPSA) is 58.6 Å². The number of carbonyl (C=O) groups excluding carboxylic acids is 1. The van der Waals surface area contributed by atoms with Gasteiger partial charge in [0.05, 0.1) is 18.6 Å². The van der Waals surface area contributed by atoms with Crippen molar-refractivity contribution in [2.75, 3.05) is 5.32 Å². The Bertz CT molecular complexity index is 486. The number of anilines is 1. The highest BCUT2D eigenvalue weighted by atomic mass is 16.5. The van der Waals surface area contributed by atoms with Crippen molar-refractivity contribution < 1.29 is 14.6 Å². The Kier molecular flexibility index (Phi) is 2.84. The van der Waals surface area contributed by atoms with Crippen LogP contribution in [0.1, 0.15) is 37.0 Å². The lowest BCUT2D eigenvalue weighted by atomic mass is 9.99. The molecule has 2 heterocycles. The van der Waals surface area contributed by atoms with Gasteiger partial charge in [0.15, 0.2) is 0 Å². The summed E-state index contributed by atoms with van der Waals surface area (Å²) >= 11 is 0. The van der Waals surface area contributed by atoms with Crippen molar-refractivity contribution in [2.24, 2.45) is 0 Å². The number of rotatable bonds is 2. The van der Waals surface area contributed by atoms with Gasteiger partial charge in [-0.05, 0) is 37.0 Å². The van der Waals surface area contributed by atoms with Crippen LogP contribution in [0.5, 0.6) is 0 Å². The van der Waals surface area contributed by atoms with E-state index in [9.17, 15) is 9.90 Å². The van der Waals surface area contributed by atoms with E-state index in [1.165, 1.54) is 0 Å². The number of benzene rings is 1. The molecule has 1 saturated heterocycles. The van der Waals surface area contributed by atoms with Gasteiger partial charge < -0.3 is 15.2 Å². The number of amides is 1. The summed E-state index contributed by atoms with van der Waals surface area (Å²) in [7, 11) is 0. The molecule has 1 fully saturated rings. The van der Waals surface area contributed by atoms with Crippen molar-refractivity contribution in [3.8, 4) is 0 Å². The molecule has 3 rings (SSSR count). The summed E-state index contributed by atoms with van der Waals surface area (Å²) in [5.41, 5.74) is 2.66. The Labute approximate surface area is 106 Å². The zero-order valence-electron chi connectivity index (χ0n) is 10.3. The normalized spacial score (nSPS) is 28.0. The van der Waals surface area contributed by atoms with E-state index in [2.05, 4.69) is 5.32 Å². The largest absolute Gasteiger partial charge is 0.386 e. The van der Waals surface area contributed by atoms with Crippen LogP contribution < -0.4 is 5.32 Å². The molecule has 2 N–H and O–H groups in total. The zero-order valence-corrected chi connectivity index (χ0v) is 10.3. The van der Waals surface area contributed by atoms with Crippen LogP contribution in [0.15, 0.2) is 18.2 Å². The van der Waals surface area contributed by atoms with Gasteiger partial charge in [0, 0.05) is 5.69 Å². The molecule has 1 aromatic rings. The molecule has 1 amide bonds. The number of hydrogen-bond acceptors (Lipinski definition) is 3. The van der Waals surface area contributed by atoms with Gasteiger partial charge in [0.1, 0.15) is 6.10 Å². The van der Waals surface area contributed by atoms with Gasteiger partial charge in [0.25, 0.3) is 0 Å². The predicted molar refractivity (Wildman–Crippen MR) is 67.3 cm³/mol. The summed E-state index contributed by atoms with van der Waals surface area (Å²) in [4.78, 5) is 11.3. The van der Waals surface area contributed by atoms with E-state index in [0.29, 0.717) is 6.42 Å². The second-order valence-corrected chi connectivity index (χ2v) is 5.15. The summed E-state index contributed by atoms with van der Waals surface area (Å²) in [5, 5.41) is 13.1. The van der Waals surface area contributed by atoms with Gasteiger partial charge in [-0.2, -0.15) is 0 Å². The first-order valence-corrected chi connectivity index (χ1v) is 6.39. The van der Waals surface area contributed by atoms with E-state index in [-0.39, 0.29) is 18.1 Å². The first-order valence-electron chi connectivity index (χ1n) is 6.39. The third-order valence-electron chi connectivity index (χ3n) is 3.71. The van der Waals surface area contributed by atoms with Crippen molar-refractivity contribution >= 4 is 11.6 Å². The summed E-state index contributed by atoms with van der Waals surface area (Å²) in [6, 6.07) is 5.63. The minimum absolute atomic E-state index is 0.0161. The number of ether oxygens (including phenoxy) is 1. The molecule has 4 nitrogen and oxygen atoms in total. The fraction of sp³-hybridized carbons (Fsp3) is 0.500. The maximum absolute atomic E-state index is 11.3. The first-order chi connectivity index (χ1) is 8.63. The van der Waals surface area contributed by atoms with Crippen LogP contribution in [0.2, 0.25) is 0 Å². The van der Waals surface area contributed by atoms with Crippen LogP contribution >= 0.6 is 0 Å². The van der Waals surface area contributed by atoms with Crippen molar-refractivity contribution in [3.63, 3.8) is 0 Å². The lowest BCUT2D eigenvalue weighted by molar-refractivity contribution is -0.115. The van der Waals surface area contributed by atoms with Crippen molar-refractivity contribution in [3.05, 3.63) is 29.3 Å². The van der Waals surface area contributed by atoms with E-state index in [0.717, 1.165) is 29.7 Å². The van der Waals surface area contributed by atoms with Crippen LogP contribution in [-0.2, 0) is 16.0 Å². The Balaban J connectivity index is 1.81. The zero-order chi connectivity index (χ0) is 12.7. The lowest BCUT2D eigenvalue weighted by Crippen LogP contribution is -2.18. The van der Waals surface area contributed by atoms with Crippen LogP contribution in [0.3, 0.4) is 0 Å². The number of fused-ring (bicyclic) bond motifs is 1. The fourth-order valence-electron chi connectivity index (χ4n) is 2.71. The number of aliphatic hydroxyl groups excluding tert-OH is 1. The molecule has 0 aliphatic carbocycles. The van der Waals surface area contributed by atoms with Crippen molar-refractivity contribution in [2.45, 2.75) is 44.5 Å². The quantitative estimate of drug-likeness (QED) is 0.837. The van der Waals surface area contributed by atoms with Gasteiger partial charge in [-0.1, -0.05) is 12.1 Å². The molecule has 0 bridgehead atoms. The molecule has 3 atom stereocenters. The molecule has 1 aromatic carbocycles. The smallest absolute Gasteiger partial charge is 0.228 e. The number of carbonyl (C=O) groups is 1. The maximum atomic E-state index is 11.3. The SMILES string of the molecule is CC1CCC(C(O)c2ccc3c(c2)CC(=O)N3)O1. The molecule has 0 radical (unpaired) electrons. The average Bonchev–Trinajstić information content (AvgIpc) is 2.92. The molecule has 3 unspecified atom stereocenters. The minimum Gasteiger partial charge on any atom is -0.386 e. The van der Waals surface area contributed by atoms with Gasteiger partial charge in [-0.15, -0.1) is 0 Å². The monoisotopic (exact) mass is 247 g/mol. The van der Waals surface area contributed by atoms with Crippen molar-refractivity contribution in [1.29, 1.82) is 0 Å². The van der Waals surface area contributed by atoms with Crippen LogP contribution in [-0.4, -0.2) is 23.2 Å². The van der Waals surface area contributed by atoms with Crippen molar-refractivity contribution in [1.82, 2.24) is 0 Å². The third kappa shape index (κ3) is 2.02. The molecule has 0 aromatic heterocycles. The van der Waals surface area contributed by atoms with Crippen LogP contribution in [0, 0.1) is 0 Å². The van der Waals surface area contributed by atoms with Crippen LogP contribution in [0.25, 0.3) is 0 Å². The number of aliphatic hydroxyl groups is 1. The van der Waals surface area contributed by atoms with Gasteiger partial charge in [0.2, 0.25) is 5.91 Å². The summed E-state index contributed by atoms with van der Waals surface area (Å²) < 4.78 is 5.69. The number of hydrogen-bond donors (Lipinski definition) is 2. The fourth-order valence-corrected chi connectivity index (χ4v) is 2.71. The third-order valence-corrected chi connectivity index (χ3v) is 3.71. The average molecular weight is 247 g/mol. The summed E-state index contributed by atoms with van der Waals surface area (Å²) in [6.07, 6.45) is 1.78. The van der Waals surface area contributed by atoms with E-state index in [1.54, 1.807) is 0 Å². The lowest BCUT2D eigenvalue weighted by Gasteiger charge is -2.19. The summed E-state index contributed by atoms with van der Waals surface area (Å²) in [5.74, 6) is 0.0161. The van der Waals surface area contributed by atoms with E-state index >= 15 is 0 Å². The maximum Gasteiger partial charge on any atom is 0.228 e. The van der Waals surface area contributed by atoms with Crippen LogP contribution in [0.4, 0.5) is 5.69 Å². The molecule has 2 aliphatic heterocycles. The molecule has 4 heteroatoms. The Morgan fingerprint density at radius 3 is 3.00 bits per heavy atom. The highest BCUT2D eigenvalue weighted by Gasteiger charge is 2.30. The van der Waals surface area contributed by atoms with Gasteiger partial charge in [-0.3, -0.25) is 4.79 Å². The molecule has 96 valence electrons. The second kappa shape index (κ2) is 4.37. The van der Waals surface area contributed by atoms with E-state index in [4.69, 9.17) is 4.74 Å². The molecule has 0 saturated carbocycles. The van der Waals surface area contributed by atoms with E-state index in [1.807, 2.05) is 25.1 Å². The molecular formula is C14H17NO3. The first kappa shape index (κ1) is 11.7. The Hall–Kier alpha value is -1.39. The van der Waals surface area contributed by atoms with E-state index < -0.39 is 6.10 Å². The predicted octanol–water partition coefficient (Wildman–Crippen LogP) is 1.78. The second-order valence-electron chi connectivity index (χ2n) is 5.15. The van der Waals surface area contributed by atoms with Gasteiger partial charge >= 0.3 is 0 Å².